The van der Waals surface area contributed by atoms with Crippen molar-refractivity contribution in [3.63, 3.8) is 0 Å². The Kier molecular flexibility index (Phi) is 5.03. The lowest BCUT2D eigenvalue weighted by Crippen LogP contribution is -2.40. The molecule has 20 heavy (non-hydrogen) atoms. The van der Waals surface area contributed by atoms with Crippen LogP contribution in [0.15, 0.2) is 12.1 Å². The van der Waals surface area contributed by atoms with E-state index in [1.807, 2.05) is 19.1 Å². The fourth-order valence-corrected chi connectivity index (χ4v) is 2.42. The van der Waals surface area contributed by atoms with Crippen molar-refractivity contribution in [2.75, 3.05) is 0 Å². The molecule has 1 unspecified atom stereocenters. The molecular formula is C16H22F2O2. The van der Waals surface area contributed by atoms with Gasteiger partial charge in [0.1, 0.15) is 6.10 Å². The number of aliphatic hydroxyl groups excluding tert-OH is 1. The predicted octanol–water partition coefficient (Wildman–Crippen LogP) is 3.84. The number of aliphatic hydroxyl groups is 1. The van der Waals surface area contributed by atoms with Crippen LogP contribution < -0.4 is 0 Å². The monoisotopic (exact) mass is 284 g/mol. The van der Waals surface area contributed by atoms with Crippen molar-refractivity contribution < 1.29 is 18.7 Å². The number of Topliss-reactive ketones (excluding diaryl/α,β-unsaturated/α-hetero) is 1. The second-order valence-corrected chi connectivity index (χ2v) is 5.75. The molecule has 1 N–H and O–H groups in total. The van der Waals surface area contributed by atoms with Crippen LogP contribution in [-0.4, -0.2) is 22.9 Å². The second kappa shape index (κ2) is 6.00. The van der Waals surface area contributed by atoms with Crippen LogP contribution in [0.5, 0.6) is 0 Å². The molecule has 1 rings (SSSR count). The summed E-state index contributed by atoms with van der Waals surface area (Å²) in [5.74, 6) is -4.71. The van der Waals surface area contributed by atoms with Crippen molar-refractivity contribution in [1.29, 1.82) is 0 Å². The Balaban J connectivity index is 2.99. The van der Waals surface area contributed by atoms with Crippen molar-refractivity contribution in [3.8, 4) is 0 Å². The summed E-state index contributed by atoms with van der Waals surface area (Å²) in [6, 6.07) is 3.68. The average Bonchev–Trinajstić information content (AvgIpc) is 2.26. The number of aryl methyl sites for hydroxylation is 3. The second-order valence-electron chi connectivity index (χ2n) is 5.75. The van der Waals surface area contributed by atoms with E-state index in [1.165, 1.54) is 13.8 Å². The number of rotatable bonds is 5. The molecule has 0 aliphatic carbocycles. The van der Waals surface area contributed by atoms with Gasteiger partial charge in [-0.1, -0.05) is 31.5 Å². The van der Waals surface area contributed by atoms with Gasteiger partial charge in [-0.05, 0) is 31.9 Å². The Morgan fingerprint density at radius 1 is 1.20 bits per heavy atom. The van der Waals surface area contributed by atoms with Crippen LogP contribution >= 0.6 is 0 Å². The Bertz CT molecular complexity index is 484. The lowest BCUT2D eigenvalue weighted by molar-refractivity contribution is -0.137. The zero-order valence-electron chi connectivity index (χ0n) is 12.6. The van der Waals surface area contributed by atoms with Crippen LogP contribution in [0.25, 0.3) is 0 Å². The molecule has 112 valence electrons. The van der Waals surface area contributed by atoms with E-state index < -0.39 is 30.1 Å². The molecule has 0 aliphatic rings. The highest BCUT2D eigenvalue weighted by molar-refractivity contribution is 5.99. The summed E-state index contributed by atoms with van der Waals surface area (Å²) >= 11 is 0. The van der Waals surface area contributed by atoms with E-state index >= 15 is 0 Å². The highest BCUT2D eigenvalue weighted by atomic mass is 19.3. The first-order valence-electron chi connectivity index (χ1n) is 6.74. The molecule has 0 bridgehead atoms. The van der Waals surface area contributed by atoms with Gasteiger partial charge in [0, 0.05) is 17.9 Å². The van der Waals surface area contributed by atoms with Crippen molar-refractivity contribution in [3.05, 3.63) is 34.4 Å². The van der Waals surface area contributed by atoms with Gasteiger partial charge >= 0.3 is 0 Å². The molecule has 0 spiro atoms. The lowest BCUT2D eigenvalue weighted by Gasteiger charge is -2.26. The number of benzene rings is 1. The molecule has 1 aromatic carbocycles. The minimum atomic E-state index is -3.26. The molecule has 0 saturated carbocycles. The van der Waals surface area contributed by atoms with Crippen molar-refractivity contribution in [2.45, 2.75) is 53.1 Å². The van der Waals surface area contributed by atoms with Crippen LogP contribution in [0.2, 0.25) is 0 Å². The SMILES string of the molecule is Cc1cc(C)c(C(=O)CC(O)C(F)(F)C(C)C)c(C)c1. The van der Waals surface area contributed by atoms with Crippen LogP contribution in [0.3, 0.4) is 0 Å². The zero-order chi connectivity index (χ0) is 15.7. The number of hydrogen-bond donors (Lipinski definition) is 1. The van der Waals surface area contributed by atoms with Crippen molar-refractivity contribution in [1.82, 2.24) is 0 Å². The van der Waals surface area contributed by atoms with E-state index in [4.69, 9.17) is 0 Å². The fraction of sp³-hybridized carbons (Fsp3) is 0.562. The highest BCUT2D eigenvalue weighted by Crippen LogP contribution is 2.31. The molecule has 0 fully saturated rings. The van der Waals surface area contributed by atoms with E-state index in [0.717, 1.165) is 16.7 Å². The van der Waals surface area contributed by atoms with Gasteiger partial charge in [0.25, 0.3) is 5.92 Å². The Morgan fingerprint density at radius 2 is 1.65 bits per heavy atom. The van der Waals surface area contributed by atoms with E-state index in [2.05, 4.69) is 0 Å². The smallest absolute Gasteiger partial charge is 0.276 e. The van der Waals surface area contributed by atoms with Crippen LogP contribution in [-0.2, 0) is 0 Å². The number of hydrogen-bond acceptors (Lipinski definition) is 2. The quantitative estimate of drug-likeness (QED) is 0.834. The van der Waals surface area contributed by atoms with Gasteiger partial charge in [-0.2, -0.15) is 0 Å². The van der Waals surface area contributed by atoms with Gasteiger partial charge in [0.05, 0.1) is 0 Å². The minimum absolute atomic E-state index is 0.437. The lowest BCUT2D eigenvalue weighted by atomic mass is 9.90. The summed E-state index contributed by atoms with van der Waals surface area (Å²) < 4.78 is 27.4. The third-order valence-corrected chi connectivity index (χ3v) is 3.55. The number of carbonyl (C=O) groups excluding carboxylic acids is 1. The van der Waals surface area contributed by atoms with Crippen LogP contribution in [0.4, 0.5) is 8.78 Å². The predicted molar refractivity (Wildman–Crippen MR) is 75.4 cm³/mol. The maximum Gasteiger partial charge on any atom is 0.276 e. The summed E-state index contributed by atoms with van der Waals surface area (Å²) in [4.78, 5) is 12.2. The molecule has 0 radical (unpaired) electrons. The van der Waals surface area contributed by atoms with Crippen molar-refractivity contribution in [2.24, 2.45) is 5.92 Å². The summed E-state index contributed by atoms with van der Waals surface area (Å²) in [5.41, 5.74) is 2.97. The average molecular weight is 284 g/mol. The van der Waals surface area contributed by atoms with Gasteiger partial charge in [-0.25, -0.2) is 8.78 Å². The summed E-state index contributed by atoms with van der Waals surface area (Å²) in [5, 5.41) is 9.64. The Morgan fingerprint density at radius 3 is 2.05 bits per heavy atom. The van der Waals surface area contributed by atoms with E-state index in [-0.39, 0.29) is 0 Å². The maximum absolute atomic E-state index is 13.7. The molecule has 0 heterocycles. The van der Waals surface area contributed by atoms with Gasteiger partial charge in [-0.3, -0.25) is 4.79 Å². The molecule has 0 aliphatic heterocycles. The minimum Gasteiger partial charge on any atom is -0.386 e. The normalized spacial score (nSPS) is 13.7. The first-order valence-corrected chi connectivity index (χ1v) is 6.74. The van der Waals surface area contributed by atoms with E-state index in [0.29, 0.717) is 5.56 Å². The van der Waals surface area contributed by atoms with Crippen LogP contribution in [0, 0.1) is 26.7 Å². The number of ketones is 1. The first kappa shape index (κ1) is 16.8. The fourth-order valence-electron chi connectivity index (χ4n) is 2.42. The third kappa shape index (κ3) is 3.42. The molecule has 0 saturated heterocycles. The molecule has 1 aromatic rings. The molecule has 2 nitrogen and oxygen atoms in total. The van der Waals surface area contributed by atoms with Gasteiger partial charge in [0.2, 0.25) is 0 Å². The number of halogens is 2. The largest absolute Gasteiger partial charge is 0.386 e. The zero-order valence-corrected chi connectivity index (χ0v) is 12.6. The Hall–Kier alpha value is -1.29. The van der Waals surface area contributed by atoms with Crippen molar-refractivity contribution >= 4 is 5.78 Å². The summed E-state index contributed by atoms with van der Waals surface area (Å²) in [6.45, 7) is 8.13. The molecular weight excluding hydrogens is 262 g/mol. The third-order valence-electron chi connectivity index (χ3n) is 3.55. The van der Waals surface area contributed by atoms with E-state index in [1.54, 1.807) is 13.8 Å². The first-order chi connectivity index (χ1) is 9.07. The van der Waals surface area contributed by atoms with Gasteiger partial charge < -0.3 is 5.11 Å². The van der Waals surface area contributed by atoms with Crippen LogP contribution in [0.1, 0.15) is 47.3 Å². The topological polar surface area (TPSA) is 37.3 Å². The maximum atomic E-state index is 13.7. The summed E-state index contributed by atoms with van der Waals surface area (Å²) in [6.07, 6.45) is -2.51. The van der Waals surface area contributed by atoms with Gasteiger partial charge in [0.15, 0.2) is 5.78 Å². The Labute approximate surface area is 118 Å². The van der Waals surface area contributed by atoms with E-state index in [9.17, 15) is 18.7 Å². The molecule has 4 heteroatoms. The highest BCUT2D eigenvalue weighted by Gasteiger charge is 2.42. The summed E-state index contributed by atoms with van der Waals surface area (Å²) in [7, 11) is 0. The number of alkyl halides is 2. The molecule has 0 aromatic heterocycles. The molecule has 0 amide bonds. The standard InChI is InChI=1S/C16H22F2O2/c1-9(2)16(17,18)14(20)8-13(19)15-11(4)6-10(3)7-12(15)5/h6-7,9,14,20H,8H2,1-5H3. The molecule has 1 atom stereocenters. The number of carbonyl (C=O) groups is 1. The van der Waals surface area contributed by atoms with Gasteiger partial charge in [-0.15, -0.1) is 0 Å².